The smallest absolute Gasteiger partial charge is 0.306 e. The lowest BCUT2D eigenvalue weighted by atomic mass is 10.1. The largest absolute Gasteiger partial charge is 0.462 e. The Kier molecular flexibility index (Phi) is 46.5. The molecule has 0 fully saturated rings. The van der Waals surface area contributed by atoms with Crippen molar-refractivity contribution in [1.29, 1.82) is 0 Å². The van der Waals surface area contributed by atoms with Gasteiger partial charge in [-0.05, 0) is 109 Å². The molecule has 0 aromatic carbocycles. The molecule has 0 spiro atoms. The zero-order valence-electron chi connectivity index (χ0n) is 39.7. The van der Waals surface area contributed by atoms with Gasteiger partial charge in [0, 0.05) is 19.3 Å². The van der Waals surface area contributed by atoms with Crippen LogP contribution in [-0.4, -0.2) is 37.2 Å². The second-order valence-corrected chi connectivity index (χ2v) is 16.3. The molecule has 0 N–H and O–H groups in total. The standard InChI is InChI=1S/C55H92O6/c1-4-7-10-13-16-19-22-25-28-31-33-36-39-42-45-48-54(57)60-51-52(61-55(58)49-46-43-40-37-34-30-27-24-21-18-15-12-9-6-3)50-59-53(56)47-44-41-38-35-32-29-26-23-20-17-14-11-8-5-2/h7,10,15-16,18-19,23-28,33,36,52H,4-6,8-9,11-14,17,20-22,29-32,34-35,37-51H2,1-3H3/b10-7-,18-15-,19-16-,26-23-,27-24-,28-25-,36-33-/t52-/m1/s1. The van der Waals surface area contributed by atoms with Crippen LogP contribution in [0.3, 0.4) is 0 Å². The van der Waals surface area contributed by atoms with Crippen LogP contribution in [0, 0.1) is 0 Å². The highest BCUT2D eigenvalue weighted by atomic mass is 16.6. The minimum absolute atomic E-state index is 0.101. The maximum absolute atomic E-state index is 12.8. The van der Waals surface area contributed by atoms with Crippen LogP contribution in [0.15, 0.2) is 85.1 Å². The Labute approximate surface area is 375 Å². The summed E-state index contributed by atoms with van der Waals surface area (Å²) >= 11 is 0. The Hall–Kier alpha value is -3.41. The van der Waals surface area contributed by atoms with Gasteiger partial charge >= 0.3 is 17.9 Å². The molecular weight excluding hydrogens is 757 g/mol. The summed E-state index contributed by atoms with van der Waals surface area (Å²) in [6.45, 7) is 6.41. The Balaban J connectivity index is 4.50. The van der Waals surface area contributed by atoms with Crippen molar-refractivity contribution in [2.75, 3.05) is 13.2 Å². The quantitative estimate of drug-likeness (QED) is 0.0263. The molecule has 6 heteroatoms. The minimum atomic E-state index is -0.803. The summed E-state index contributed by atoms with van der Waals surface area (Å²) in [4.78, 5) is 37.9. The third-order valence-electron chi connectivity index (χ3n) is 10.4. The van der Waals surface area contributed by atoms with Crippen LogP contribution in [0.5, 0.6) is 0 Å². The fourth-order valence-corrected chi connectivity index (χ4v) is 6.56. The molecule has 0 heterocycles. The van der Waals surface area contributed by atoms with E-state index >= 15 is 0 Å². The first-order valence-corrected chi connectivity index (χ1v) is 25.1. The normalized spacial score (nSPS) is 12.8. The number of hydrogen-bond acceptors (Lipinski definition) is 6. The molecule has 0 saturated carbocycles. The van der Waals surface area contributed by atoms with Crippen LogP contribution in [0.25, 0.3) is 0 Å². The van der Waals surface area contributed by atoms with Crippen LogP contribution in [0.4, 0.5) is 0 Å². The molecule has 0 amide bonds. The molecule has 0 saturated heterocycles. The molecule has 0 aliphatic rings. The first kappa shape index (κ1) is 57.6. The van der Waals surface area contributed by atoms with Crippen molar-refractivity contribution in [3.8, 4) is 0 Å². The van der Waals surface area contributed by atoms with Crippen molar-refractivity contribution < 1.29 is 28.6 Å². The fraction of sp³-hybridized carbons (Fsp3) is 0.691. The highest BCUT2D eigenvalue weighted by molar-refractivity contribution is 5.71. The van der Waals surface area contributed by atoms with E-state index in [4.69, 9.17) is 14.2 Å². The molecule has 348 valence electrons. The van der Waals surface area contributed by atoms with Gasteiger partial charge in [0.15, 0.2) is 6.10 Å². The van der Waals surface area contributed by atoms with Gasteiger partial charge in [0.1, 0.15) is 13.2 Å². The van der Waals surface area contributed by atoms with Gasteiger partial charge in [0.05, 0.1) is 0 Å². The minimum Gasteiger partial charge on any atom is -0.462 e. The third kappa shape index (κ3) is 47.5. The Morgan fingerprint density at radius 1 is 0.344 bits per heavy atom. The number of hydrogen-bond donors (Lipinski definition) is 0. The van der Waals surface area contributed by atoms with Gasteiger partial charge in [-0.1, -0.05) is 183 Å². The van der Waals surface area contributed by atoms with E-state index in [0.29, 0.717) is 19.3 Å². The van der Waals surface area contributed by atoms with E-state index in [0.717, 1.165) is 116 Å². The van der Waals surface area contributed by atoms with Crippen molar-refractivity contribution in [1.82, 2.24) is 0 Å². The predicted octanol–water partition coefficient (Wildman–Crippen LogP) is 16.4. The summed E-state index contributed by atoms with van der Waals surface area (Å²) in [7, 11) is 0. The van der Waals surface area contributed by atoms with Crippen molar-refractivity contribution >= 4 is 17.9 Å². The van der Waals surface area contributed by atoms with Gasteiger partial charge in [-0.25, -0.2) is 0 Å². The van der Waals surface area contributed by atoms with E-state index in [-0.39, 0.29) is 31.1 Å². The second kappa shape index (κ2) is 49.2. The van der Waals surface area contributed by atoms with E-state index in [1.807, 2.05) is 0 Å². The van der Waals surface area contributed by atoms with Gasteiger partial charge in [-0.3, -0.25) is 14.4 Å². The zero-order valence-corrected chi connectivity index (χ0v) is 39.7. The molecule has 0 aromatic heterocycles. The van der Waals surface area contributed by atoms with Crippen LogP contribution in [0.1, 0.15) is 226 Å². The Morgan fingerprint density at radius 3 is 1.10 bits per heavy atom. The van der Waals surface area contributed by atoms with Crippen LogP contribution in [-0.2, 0) is 28.6 Å². The molecule has 0 rings (SSSR count). The molecule has 0 aliphatic heterocycles. The lowest BCUT2D eigenvalue weighted by Crippen LogP contribution is -2.30. The maximum Gasteiger partial charge on any atom is 0.306 e. The Bertz CT molecular complexity index is 1200. The second-order valence-electron chi connectivity index (χ2n) is 16.3. The topological polar surface area (TPSA) is 78.9 Å². The van der Waals surface area contributed by atoms with Gasteiger partial charge in [0.2, 0.25) is 0 Å². The Morgan fingerprint density at radius 2 is 0.656 bits per heavy atom. The molecule has 1 atom stereocenters. The molecular formula is C55H92O6. The average Bonchev–Trinajstić information content (AvgIpc) is 3.26. The summed E-state index contributed by atoms with van der Waals surface area (Å²) < 4.78 is 16.7. The number of esters is 3. The third-order valence-corrected chi connectivity index (χ3v) is 10.4. The van der Waals surface area contributed by atoms with Crippen LogP contribution < -0.4 is 0 Å². The first-order valence-electron chi connectivity index (χ1n) is 25.1. The van der Waals surface area contributed by atoms with Crippen molar-refractivity contribution in [3.63, 3.8) is 0 Å². The molecule has 0 radical (unpaired) electrons. The lowest BCUT2D eigenvalue weighted by molar-refractivity contribution is -0.167. The molecule has 0 aliphatic carbocycles. The highest BCUT2D eigenvalue weighted by Gasteiger charge is 2.19. The van der Waals surface area contributed by atoms with Crippen molar-refractivity contribution in [2.45, 2.75) is 232 Å². The zero-order chi connectivity index (χ0) is 44.4. The summed E-state index contributed by atoms with van der Waals surface area (Å²) in [5, 5.41) is 0. The molecule has 0 unspecified atom stereocenters. The van der Waals surface area contributed by atoms with Gasteiger partial charge in [-0.2, -0.15) is 0 Å². The van der Waals surface area contributed by atoms with E-state index in [1.165, 1.54) is 70.6 Å². The van der Waals surface area contributed by atoms with Crippen LogP contribution in [0.2, 0.25) is 0 Å². The molecule has 0 bridgehead atoms. The van der Waals surface area contributed by atoms with Crippen molar-refractivity contribution in [2.24, 2.45) is 0 Å². The summed E-state index contributed by atoms with van der Waals surface area (Å²) in [5.74, 6) is -0.969. The highest BCUT2D eigenvalue weighted by Crippen LogP contribution is 2.13. The van der Waals surface area contributed by atoms with E-state index in [2.05, 4.69) is 106 Å². The lowest BCUT2D eigenvalue weighted by Gasteiger charge is -2.18. The number of ether oxygens (including phenoxy) is 3. The number of allylic oxidation sites excluding steroid dienone is 14. The number of carbonyl (C=O) groups excluding carboxylic acids is 3. The van der Waals surface area contributed by atoms with E-state index in [1.54, 1.807) is 0 Å². The SMILES string of the molecule is CC/C=C\C/C=C\C/C=C\C/C=C\CCCCC(=O)OC[C@@H](COC(=O)CCCCCCC/C=C\CCCCCCC)OC(=O)CCCCCCC/C=C\C/C=C\CCCC. The molecule has 61 heavy (non-hydrogen) atoms. The monoisotopic (exact) mass is 849 g/mol. The average molecular weight is 849 g/mol. The maximum atomic E-state index is 12.8. The van der Waals surface area contributed by atoms with Gasteiger partial charge < -0.3 is 14.2 Å². The summed E-state index contributed by atoms with van der Waals surface area (Å²) in [5.41, 5.74) is 0. The summed E-state index contributed by atoms with van der Waals surface area (Å²) in [6, 6.07) is 0. The molecule has 6 nitrogen and oxygen atoms in total. The predicted molar refractivity (Wildman–Crippen MR) is 261 cm³/mol. The van der Waals surface area contributed by atoms with Crippen molar-refractivity contribution in [3.05, 3.63) is 85.1 Å². The molecule has 0 aromatic rings. The van der Waals surface area contributed by atoms with E-state index < -0.39 is 6.10 Å². The van der Waals surface area contributed by atoms with Gasteiger partial charge in [0.25, 0.3) is 0 Å². The summed E-state index contributed by atoms with van der Waals surface area (Å²) in [6.07, 6.45) is 62.8. The fourth-order valence-electron chi connectivity index (χ4n) is 6.56. The van der Waals surface area contributed by atoms with E-state index in [9.17, 15) is 14.4 Å². The number of unbranched alkanes of at least 4 members (excludes halogenated alkanes) is 19. The number of rotatable bonds is 44. The first-order chi connectivity index (χ1) is 30.0. The van der Waals surface area contributed by atoms with Crippen LogP contribution >= 0.6 is 0 Å². The van der Waals surface area contributed by atoms with Gasteiger partial charge in [-0.15, -0.1) is 0 Å². The number of carbonyl (C=O) groups is 3.